The van der Waals surface area contributed by atoms with Crippen molar-refractivity contribution in [3.63, 3.8) is 0 Å². The van der Waals surface area contributed by atoms with E-state index in [4.69, 9.17) is 5.73 Å². The average Bonchev–Trinajstić information content (AvgIpc) is 2.70. The van der Waals surface area contributed by atoms with E-state index in [9.17, 15) is 18.4 Å². The van der Waals surface area contributed by atoms with E-state index in [2.05, 4.69) is 5.32 Å². The first-order valence-corrected chi connectivity index (χ1v) is 9.66. The number of carbonyl (C=O) groups is 2. The van der Waals surface area contributed by atoms with Crippen LogP contribution in [-0.2, 0) is 16.1 Å². The van der Waals surface area contributed by atoms with E-state index >= 15 is 0 Å². The molecule has 29 heavy (non-hydrogen) atoms. The van der Waals surface area contributed by atoms with Crippen molar-refractivity contribution in [1.82, 2.24) is 10.2 Å². The fourth-order valence-corrected chi connectivity index (χ4v) is 3.70. The molecule has 0 bridgehead atoms. The minimum atomic E-state index is -0.643. The minimum absolute atomic E-state index is 0.0805. The highest BCUT2D eigenvalue weighted by atomic mass is 19.1. The number of benzene rings is 2. The Morgan fingerprint density at radius 2 is 1.79 bits per heavy atom. The third-order valence-corrected chi connectivity index (χ3v) is 5.42. The van der Waals surface area contributed by atoms with Crippen LogP contribution < -0.4 is 11.1 Å². The number of amides is 2. The summed E-state index contributed by atoms with van der Waals surface area (Å²) in [7, 11) is 0. The van der Waals surface area contributed by atoms with E-state index in [0.29, 0.717) is 42.6 Å². The van der Waals surface area contributed by atoms with Crippen molar-refractivity contribution in [3.05, 3.63) is 70.8 Å². The predicted molar refractivity (Wildman–Crippen MR) is 106 cm³/mol. The third kappa shape index (κ3) is 5.17. The Balaban J connectivity index is 1.55. The van der Waals surface area contributed by atoms with Gasteiger partial charge in [-0.1, -0.05) is 24.3 Å². The van der Waals surface area contributed by atoms with Crippen LogP contribution in [0.5, 0.6) is 0 Å². The normalized spacial score (nSPS) is 16.4. The van der Waals surface area contributed by atoms with Gasteiger partial charge in [-0.25, -0.2) is 8.78 Å². The van der Waals surface area contributed by atoms with Crippen molar-refractivity contribution < 1.29 is 18.4 Å². The first-order chi connectivity index (χ1) is 13.8. The number of halogens is 2. The predicted octanol–water partition coefficient (Wildman–Crippen LogP) is 2.83. The summed E-state index contributed by atoms with van der Waals surface area (Å²) >= 11 is 0. The van der Waals surface area contributed by atoms with Crippen LogP contribution in [0.2, 0.25) is 0 Å². The molecule has 1 fully saturated rings. The number of carbonyl (C=O) groups excluding carboxylic acids is 2. The van der Waals surface area contributed by atoms with Crippen molar-refractivity contribution in [3.8, 4) is 0 Å². The molecule has 7 heteroatoms. The van der Waals surface area contributed by atoms with Gasteiger partial charge in [-0.05, 0) is 67.7 Å². The Labute approximate surface area is 168 Å². The van der Waals surface area contributed by atoms with Crippen molar-refractivity contribution in [1.29, 1.82) is 0 Å². The molecule has 2 aromatic rings. The first-order valence-electron chi connectivity index (χ1n) is 9.66. The van der Waals surface area contributed by atoms with Gasteiger partial charge in [0.05, 0.1) is 0 Å². The van der Waals surface area contributed by atoms with Crippen LogP contribution in [0, 0.1) is 24.5 Å². The molecule has 0 saturated carbocycles. The lowest BCUT2D eigenvalue weighted by Crippen LogP contribution is -2.45. The summed E-state index contributed by atoms with van der Waals surface area (Å²) < 4.78 is 26.8. The molecular weight excluding hydrogens is 376 g/mol. The number of hydrogen-bond donors (Lipinski definition) is 2. The molecule has 5 nitrogen and oxygen atoms in total. The van der Waals surface area contributed by atoms with Gasteiger partial charge >= 0.3 is 0 Å². The van der Waals surface area contributed by atoms with Gasteiger partial charge in [0.2, 0.25) is 11.8 Å². The zero-order chi connectivity index (χ0) is 21.0. The molecule has 0 spiro atoms. The molecule has 1 aliphatic rings. The van der Waals surface area contributed by atoms with Crippen LogP contribution in [0.4, 0.5) is 8.78 Å². The average molecular weight is 401 g/mol. The SMILES string of the molecule is Cc1ccc(CNC(=O)C2CCN(C(C(N)=O)c3ccc(F)cc3)CC2)cc1F. The monoisotopic (exact) mass is 401 g/mol. The maximum Gasteiger partial charge on any atom is 0.239 e. The summed E-state index contributed by atoms with van der Waals surface area (Å²) in [5.74, 6) is -1.42. The molecule has 3 N–H and O–H groups in total. The summed E-state index contributed by atoms with van der Waals surface area (Å²) in [5.41, 5.74) is 7.50. The van der Waals surface area contributed by atoms with E-state index in [1.807, 2.05) is 4.90 Å². The van der Waals surface area contributed by atoms with Crippen molar-refractivity contribution in [2.45, 2.75) is 32.4 Å². The van der Waals surface area contributed by atoms with Gasteiger partial charge in [-0.3, -0.25) is 14.5 Å². The molecule has 0 aromatic heterocycles. The minimum Gasteiger partial charge on any atom is -0.368 e. The van der Waals surface area contributed by atoms with Gasteiger partial charge in [0.1, 0.15) is 17.7 Å². The zero-order valence-corrected chi connectivity index (χ0v) is 16.3. The van der Waals surface area contributed by atoms with E-state index in [-0.39, 0.29) is 30.0 Å². The molecule has 2 amide bonds. The van der Waals surface area contributed by atoms with Crippen LogP contribution >= 0.6 is 0 Å². The smallest absolute Gasteiger partial charge is 0.239 e. The highest BCUT2D eigenvalue weighted by Crippen LogP contribution is 2.27. The lowest BCUT2D eigenvalue weighted by Gasteiger charge is -2.35. The zero-order valence-electron chi connectivity index (χ0n) is 16.3. The van der Waals surface area contributed by atoms with Crippen LogP contribution in [-0.4, -0.2) is 29.8 Å². The van der Waals surface area contributed by atoms with Crippen molar-refractivity contribution >= 4 is 11.8 Å². The van der Waals surface area contributed by atoms with Crippen LogP contribution in [0.25, 0.3) is 0 Å². The second-order valence-corrected chi connectivity index (χ2v) is 7.47. The number of rotatable bonds is 6. The number of nitrogens with one attached hydrogen (secondary N) is 1. The molecule has 0 radical (unpaired) electrons. The topological polar surface area (TPSA) is 75.4 Å². The Morgan fingerprint density at radius 3 is 2.38 bits per heavy atom. The maximum atomic E-state index is 13.6. The number of primary amides is 1. The van der Waals surface area contributed by atoms with Gasteiger partial charge in [-0.15, -0.1) is 0 Å². The van der Waals surface area contributed by atoms with Gasteiger partial charge in [0.25, 0.3) is 0 Å². The fourth-order valence-electron chi connectivity index (χ4n) is 3.70. The van der Waals surface area contributed by atoms with Crippen molar-refractivity contribution in [2.24, 2.45) is 11.7 Å². The molecule has 1 atom stereocenters. The Hall–Kier alpha value is -2.80. The summed E-state index contributed by atoms with van der Waals surface area (Å²) in [5, 5.41) is 2.86. The summed E-state index contributed by atoms with van der Waals surface area (Å²) in [6.07, 6.45) is 1.16. The van der Waals surface area contributed by atoms with Gasteiger partial charge in [0.15, 0.2) is 0 Å². The molecule has 2 aromatic carbocycles. The van der Waals surface area contributed by atoms with Crippen LogP contribution in [0.3, 0.4) is 0 Å². The van der Waals surface area contributed by atoms with E-state index in [1.54, 1.807) is 31.2 Å². The van der Waals surface area contributed by atoms with Gasteiger partial charge in [0, 0.05) is 12.5 Å². The van der Waals surface area contributed by atoms with Crippen LogP contribution in [0.1, 0.15) is 35.6 Å². The third-order valence-electron chi connectivity index (χ3n) is 5.42. The highest BCUT2D eigenvalue weighted by Gasteiger charge is 2.32. The largest absolute Gasteiger partial charge is 0.368 e. The van der Waals surface area contributed by atoms with E-state index < -0.39 is 11.9 Å². The van der Waals surface area contributed by atoms with Gasteiger partial charge in [-0.2, -0.15) is 0 Å². The lowest BCUT2D eigenvalue weighted by molar-refractivity contribution is -0.128. The molecule has 154 valence electrons. The molecule has 0 aliphatic carbocycles. The second-order valence-electron chi connectivity index (χ2n) is 7.47. The standard InChI is InChI=1S/C22H25F2N3O2/c1-14-2-3-15(12-19(14)24)13-26-22(29)17-8-10-27(11-9-17)20(21(25)28)16-4-6-18(23)7-5-16/h2-7,12,17,20H,8-11,13H2,1H3,(H2,25,28)(H,26,29). The fraction of sp³-hybridized carbons (Fsp3) is 0.364. The summed E-state index contributed by atoms with van der Waals surface area (Å²) in [6.45, 7) is 3.02. The van der Waals surface area contributed by atoms with E-state index in [0.717, 1.165) is 0 Å². The second kappa shape index (κ2) is 9.13. The number of nitrogens with zero attached hydrogens (tertiary/aromatic N) is 1. The Kier molecular flexibility index (Phi) is 6.59. The number of piperidine rings is 1. The molecule has 1 heterocycles. The maximum absolute atomic E-state index is 13.6. The molecule has 3 rings (SSSR count). The molecule has 1 aliphatic heterocycles. The lowest BCUT2D eigenvalue weighted by atomic mass is 9.93. The van der Waals surface area contributed by atoms with E-state index in [1.165, 1.54) is 18.2 Å². The first kappa shape index (κ1) is 20.9. The van der Waals surface area contributed by atoms with Crippen molar-refractivity contribution in [2.75, 3.05) is 13.1 Å². The number of likely N-dealkylation sites (tertiary alicyclic amines) is 1. The molecule has 1 saturated heterocycles. The number of hydrogen-bond acceptors (Lipinski definition) is 3. The molecule has 1 unspecified atom stereocenters. The summed E-state index contributed by atoms with van der Waals surface area (Å²) in [4.78, 5) is 26.4. The Bertz CT molecular complexity index is 878. The number of nitrogens with two attached hydrogens (primary N) is 1. The highest BCUT2D eigenvalue weighted by molar-refractivity contribution is 5.82. The molecular formula is C22H25F2N3O2. The Morgan fingerprint density at radius 1 is 1.14 bits per heavy atom. The number of aryl methyl sites for hydroxylation is 1. The summed E-state index contributed by atoms with van der Waals surface area (Å²) in [6, 6.07) is 10.00. The quantitative estimate of drug-likeness (QED) is 0.782. The van der Waals surface area contributed by atoms with Gasteiger partial charge < -0.3 is 11.1 Å². The van der Waals surface area contributed by atoms with Crippen LogP contribution in [0.15, 0.2) is 42.5 Å².